The average Bonchev–Trinajstić information content (AvgIpc) is 3.06. The fourth-order valence-corrected chi connectivity index (χ4v) is 6.91. The number of rotatable bonds is 0. The van der Waals surface area contributed by atoms with Crippen LogP contribution in [0.15, 0.2) is 0 Å². The van der Waals surface area contributed by atoms with Crippen molar-refractivity contribution in [3.05, 3.63) is 0 Å². The summed E-state index contributed by atoms with van der Waals surface area (Å²) in [5, 5.41) is 0. The highest BCUT2D eigenvalue weighted by molar-refractivity contribution is 5.69. The Morgan fingerprint density at radius 2 is 0.521 bits per heavy atom. The molecule has 1 saturated heterocycles. The topological polar surface area (TPSA) is 78.9 Å². The lowest BCUT2D eigenvalue weighted by Crippen LogP contribution is -2.07. The fourth-order valence-electron chi connectivity index (χ4n) is 6.91. The summed E-state index contributed by atoms with van der Waals surface area (Å²) >= 11 is 0. The van der Waals surface area contributed by atoms with Crippen molar-refractivity contribution in [2.45, 2.75) is 213 Å². The molecule has 0 aromatic rings. The SMILES string of the molecule is CC1CCCCCCCCC(=O)OCCCC(C)CCCCCCCCC(=O)OCCCC(C)CCCCCCCCC(=O)OCCC1. The van der Waals surface area contributed by atoms with E-state index in [1.807, 2.05) is 0 Å². The molecule has 1 fully saturated rings. The molecule has 3 unspecified atom stereocenters. The van der Waals surface area contributed by atoms with Gasteiger partial charge in [0.1, 0.15) is 0 Å². The summed E-state index contributed by atoms with van der Waals surface area (Å²) in [5.41, 5.74) is 0. The molecule has 0 bridgehead atoms. The van der Waals surface area contributed by atoms with Crippen molar-refractivity contribution >= 4 is 17.9 Å². The molecule has 0 aromatic carbocycles. The van der Waals surface area contributed by atoms with Gasteiger partial charge >= 0.3 is 17.9 Å². The Bertz CT molecular complexity index is 667. The fraction of sp³-hybridized carbons (Fsp3) is 0.929. The van der Waals surface area contributed by atoms with E-state index in [1.165, 1.54) is 96.3 Å². The first-order chi connectivity index (χ1) is 23.4. The quantitative estimate of drug-likeness (QED) is 0.187. The molecular formula is C42H78O6. The maximum Gasteiger partial charge on any atom is 0.305 e. The van der Waals surface area contributed by atoms with Gasteiger partial charge in [0, 0.05) is 19.3 Å². The zero-order valence-electron chi connectivity index (χ0n) is 32.0. The standard InChI is InChI=1S/C42H78O6/c1-37-25-16-10-4-7-13-19-32-41(44)47-35-23-29-39(3)27-18-12-6-9-15-21-33-42(45)48-36-24-30-38(2)26-17-11-5-8-14-20-31-40(43)46-34-22-28-37/h37-39H,4-36H2,1-3H3. The second-order valence-electron chi connectivity index (χ2n) is 15.4. The lowest BCUT2D eigenvalue weighted by Gasteiger charge is -2.12. The van der Waals surface area contributed by atoms with E-state index >= 15 is 0 Å². The van der Waals surface area contributed by atoms with Crippen LogP contribution in [0.5, 0.6) is 0 Å². The Hall–Kier alpha value is -1.59. The first-order valence-electron chi connectivity index (χ1n) is 20.8. The van der Waals surface area contributed by atoms with E-state index < -0.39 is 0 Å². The summed E-state index contributed by atoms with van der Waals surface area (Å²) < 4.78 is 16.5. The zero-order valence-corrected chi connectivity index (χ0v) is 32.0. The van der Waals surface area contributed by atoms with Crippen molar-refractivity contribution < 1.29 is 28.6 Å². The van der Waals surface area contributed by atoms with Crippen LogP contribution < -0.4 is 0 Å². The van der Waals surface area contributed by atoms with Gasteiger partial charge in [0.15, 0.2) is 0 Å². The van der Waals surface area contributed by atoms with Crippen LogP contribution in [0.25, 0.3) is 0 Å². The molecule has 6 nitrogen and oxygen atoms in total. The molecule has 0 aliphatic carbocycles. The van der Waals surface area contributed by atoms with Crippen molar-refractivity contribution in [1.82, 2.24) is 0 Å². The molecule has 1 aliphatic rings. The second-order valence-corrected chi connectivity index (χ2v) is 15.4. The smallest absolute Gasteiger partial charge is 0.305 e. The number of esters is 3. The van der Waals surface area contributed by atoms with Crippen LogP contribution in [-0.2, 0) is 28.6 Å². The van der Waals surface area contributed by atoms with E-state index in [0.29, 0.717) is 56.8 Å². The van der Waals surface area contributed by atoms with E-state index in [4.69, 9.17) is 14.2 Å². The lowest BCUT2D eigenvalue weighted by atomic mass is 9.97. The van der Waals surface area contributed by atoms with Gasteiger partial charge in [-0.1, -0.05) is 136 Å². The summed E-state index contributed by atoms with van der Waals surface area (Å²) in [6, 6.07) is 0. The number of hydrogen-bond donors (Lipinski definition) is 0. The van der Waals surface area contributed by atoms with Crippen molar-refractivity contribution in [3.63, 3.8) is 0 Å². The van der Waals surface area contributed by atoms with Crippen molar-refractivity contribution in [2.75, 3.05) is 19.8 Å². The molecule has 6 heteroatoms. The molecule has 1 aliphatic heterocycles. The maximum absolute atomic E-state index is 12.1. The Balaban J connectivity index is 2.26. The van der Waals surface area contributed by atoms with E-state index in [0.717, 1.165) is 77.0 Å². The highest BCUT2D eigenvalue weighted by Gasteiger charge is 2.09. The molecule has 0 aromatic heterocycles. The predicted molar refractivity (Wildman–Crippen MR) is 199 cm³/mol. The van der Waals surface area contributed by atoms with Crippen LogP contribution in [0.2, 0.25) is 0 Å². The van der Waals surface area contributed by atoms with Gasteiger partial charge in [-0.3, -0.25) is 14.4 Å². The highest BCUT2D eigenvalue weighted by atomic mass is 16.5. The monoisotopic (exact) mass is 679 g/mol. The molecule has 282 valence electrons. The van der Waals surface area contributed by atoms with Crippen LogP contribution in [0.4, 0.5) is 0 Å². The average molecular weight is 679 g/mol. The number of carbonyl (C=O) groups excluding carboxylic acids is 3. The predicted octanol–water partition coefficient (Wildman–Crippen LogP) is 12.2. The normalized spacial score (nSPS) is 26.8. The van der Waals surface area contributed by atoms with Crippen LogP contribution in [0.1, 0.15) is 213 Å². The van der Waals surface area contributed by atoms with Gasteiger partial charge in [-0.15, -0.1) is 0 Å². The number of carbonyl (C=O) groups is 3. The summed E-state index contributed by atoms with van der Waals surface area (Å²) in [6.07, 6.45) is 32.7. The van der Waals surface area contributed by atoms with Gasteiger partial charge in [-0.25, -0.2) is 0 Å². The molecular weight excluding hydrogens is 600 g/mol. The minimum absolute atomic E-state index is 0.0316. The minimum atomic E-state index is -0.0316. The molecule has 3 atom stereocenters. The zero-order chi connectivity index (χ0) is 34.9. The molecule has 0 spiro atoms. The molecule has 48 heavy (non-hydrogen) atoms. The molecule has 0 saturated carbocycles. The minimum Gasteiger partial charge on any atom is -0.466 e. The van der Waals surface area contributed by atoms with Gasteiger partial charge in [0.05, 0.1) is 19.8 Å². The molecule has 0 amide bonds. The van der Waals surface area contributed by atoms with E-state index in [2.05, 4.69) is 20.8 Å². The molecule has 1 heterocycles. The number of ether oxygens (including phenoxy) is 3. The molecule has 1 rings (SSSR count). The van der Waals surface area contributed by atoms with Crippen LogP contribution in [0.3, 0.4) is 0 Å². The first kappa shape index (κ1) is 44.4. The Labute approximate surface area is 297 Å². The molecule has 0 N–H and O–H groups in total. The largest absolute Gasteiger partial charge is 0.466 e. The Morgan fingerprint density at radius 3 is 0.792 bits per heavy atom. The Morgan fingerprint density at radius 1 is 0.312 bits per heavy atom. The third-order valence-electron chi connectivity index (χ3n) is 10.3. The van der Waals surface area contributed by atoms with Gasteiger partial charge in [0.25, 0.3) is 0 Å². The van der Waals surface area contributed by atoms with E-state index in [1.54, 1.807) is 0 Å². The summed E-state index contributed by atoms with van der Waals surface area (Å²) in [5.74, 6) is 1.94. The van der Waals surface area contributed by atoms with Crippen molar-refractivity contribution in [3.8, 4) is 0 Å². The van der Waals surface area contributed by atoms with Crippen molar-refractivity contribution in [2.24, 2.45) is 17.8 Å². The third kappa shape index (κ3) is 30.5. The molecule has 0 radical (unpaired) electrons. The van der Waals surface area contributed by atoms with Crippen LogP contribution >= 0.6 is 0 Å². The summed E-state index contributed by atoms with van der Waals surface area (Å²) in [7, 11) is 0. The van der Waals surface area contributed by atoms with Crippen LogP contribution in [-0.4, -0.2) is 37.7 Å². The first-order valence-corrected chi connectivity index (χ1v) is 20.8. The number of hydrogen-bond acceptors (Lipinski definition) is 6. The summed E-state index contributed by atoms with van der Waals surface area (Å²) in [6.45, 7) is 8.63. The van der Waals surface area contributed by atoms with Crippen LogP contribution in [0, 0.1) is 17.8 Å². The Kier molecular flexibility index (Phi) is 30.2. The summed E-state index contributed by atoms with van der Waals surface area (Å²) in [4.78, 5) is 36.3. The maximum atomic E-state index is 12.1. The second kappa shape index (κ2) is 32.6. The third-order valence-corrected chi connectivity index (χ3v) is 10.3. The van der Waals surface area contributed by atoms with Gasteiger partial charge < -0.3 is 14.2 Å². The van der Waals surface area contributed by atoms with Gasteiger partial charge in [0.2, 0.25) is 0 Å². The lowest BCUT2D eigenvalue weighted by molar-refractivity contribution is -0.144. The van der Waals surface area contributed by atoms with E-state index in [9.17, 15) is 14.4 Å². The van der Waals surface area contributed by atoms with Gasteiger partial charge in [-0.2, -0.15) is 0 Å². The van der Waals surface area contributed by atoms with Crippen molar-refractivity contribution in [1.29, 1.82) is 0 Å². The highest BCUT2D eigenvalue weighted by Crippen LogP contribution is 2.20. The number of cyclic esters (lactones) is 3. The van der Waals surface area contributed by atoms with E-state index in [-0.39, 0.29) is 17.9 Å². The van der Waals surface area contributed by atoms with Gasteiger partial charge in [-0.05, 0) is 75.5 Å².